The Morgan fingerprint density at radius 2 is 0.900 bits per heavy atom. The van der Waals surface area contributed by atoms with E-state index in [-0.39, 0.29) is 5.41 Å². The highest BCUT2D eigenvalue weighted by Crippen LogP contribution is 2.55. The lowest BCUT2D eigenvalue weighted by atomic mass is 9.67. The molecule has 0 saturated carbocycles. The third-order valence-corrected chi connectivity index (χ3v) is 15.0. The van der Waals surface area contributed by atoms with Crippen LogP contribution in [-0.2, 0) is 5.41 Å². The fourth-order valence-electron chi connectivity index (χ4n) is 11.7. The smallest absolute Gasteiger partial charge is 0.159 e. The van der Waals surface area contributed by atoms with E-state index in [0.29, 0.717) is 0 Å². The van der Waals surface area contributed by atoms with Crippen LogP contribution in [0, 0.1) is 6.92 Å². The summed E-state index contributed by atoms with van der Waals surface area (Å²) in [5.74, 6) is 0. The Hall–Kier alpha value is -8.86. The molecule has 332 valence electrons. The van der Waals surface area contributed by atoms with Gasteiger partial charge < -0.3 is 18.6 Å². The highest BCUT2D eigenvalue weighted by Gasteiger charge is 2.36. The van der Waals surface area contributed by atoms with Gasteiger partial charge in [-0.3, -0.25) is 0 Å². The quantitative estimate of drug-likeness (QED) is 0.149. The van der Waals surface area contributed by atoms with Gasteiger partial charge in [-0.05, 0) is 129 Å². The highest BCUT2D eigenvalue weighted by molar-refractivity contribution is 6.20. The average molecular weight is 899 g/mol. The molecule has 2 heterocycles. The van der Waals surface area contributed by atoms with Crippen molar-refractivity contribution < 1.29 is 8.83 Å². The van der Waals surface area contributed by atoms with E-state index in [1.807, 2.05) is 6.07 Å². The number of fused-ring (bicyclic) bond motifs is 10. The first-order valence-corrected chi connectivity index (χ1v) is 24.2. The second-order valence-electron chi connectivity index (χ2n) is 19.2. The van der Waals surface area contributed by atoms with Crippen LogP contribution in [0.3, 0.4) is 0 Å². The Labute approximate surface area is 405 Å². The SMILES string of the molecule is Cc1c2c3c(cccc3c3cc(N(c4ccccc4)c4cccc5c4oc4ccccc45)ccc13)C(C)(C)c1cc(N(c3ccccc3)c3cccc4c3oc3c(-c5ccccc5)cccc34)ccc1-2. The number of aryl methyl sites for hydroxylation is 1. The maximum atomic E-state index is 7.04. The van der Waals surface area contributed by atoms with Crippen molar-refractivity contribution in [3.63, 3.8) is 0 Å². The van der Waals surface area contributed by atoms with Crippen LogP contribution < -0.4 is 9.80 Å². The van der Waals surface area contributed by atoms with E-state index in [9.17, 15) is 0 Å². The normalized spacial score (nSPS) is 12.9. The molecular weight excluding hydrogens is 853 g/mol. The second kappa shape index (κ2) is 15.3. The minimum absolute atomic E-state index is 0.332. The van der Waals surface area contributed by atoms with Crippen molar-refractivity contribution in [3.05, 3.63) is 241 Å². The molecule has 0 spiro atoms. The molecule has 0 atom stereocenters. The van der Waals surface area contributed by atoms with Gasteiger partial charge in [-0.2, -0.15) is 0 Å². The van der Waals surface area contributed by atoms with Gasteiger partial charge in [0.05, 0.1) is 11.4 Å². The fraction of sp³-hybridized carbons (Fsp3) is 0.0606. The predicted molar refractivity (Wildman–Crippen MR) is 293 cm³/mol. The highest BCUT2D eigenvalue weighted by atomic mass is 16.3. The third kappa shape index (κ3) is 5.90. The Bertz CT molecular complexity index is 4220. The van der Waals surface area contributed by atoms with Crippen LogP contribution in [0.15, 0.2) is 233 Å². The Balaban J connectivity index is 0.953. The van der Waals surface area contributed by atoms with Gasteiger partial charge in [-0.25, -0.2) is 0 Å². The molecule has 14 rings (SSSR count). The third-order valence-electron chi connectivity index (χ3n) is 15.0. The van der Waals surface area contributed by atoms with Crippen molar-refractivity contribution in [2.45, 2.75) is 26.2 Å². The van der Waals surface area contributed by atoms with Crippen LogP contribution in [0.2, 0.25) is 0 Å². The van der Waals surface area contributed by atoms with E-state index in [1.54, 1.807) is 0 Å². The molecule has 0 amide bonds. The number of hydrogen-bond donors (Lipinski definition) is 0. The molecule has 1 aliphatic rings. The van der Waals surface area contributed by atoms with Gasteiger partial charge in [0.15, 0.2) is 11.2 Å². The molecule has 11 aromatic carbocycles. The summed E-state index contributed by atoms with van der Waals surface area (Å²) in [7, 11) is 0. The van der Waals surface area contributed by atoms with Crippen LogP contribution >= 0.6 is 0 Å². The molecule has 4 heteroatoms. The summed E-state index contributed by atoms with van der Waals surface area (Å²) in [4.78, 5) is 4.72. The summed E-state index contributed by atoms with van der Waals surface area (Å²) in [5.41, 5.74) is 18.1. The monoisotopic (exact) mass is 898 g/mol. The van der Waals surface area contributed by atoms with E-state index < -0.39 is 0 Å². The number of benzene rings is 11. The number of rotatable bonds is 7. The molecule has 70 heavy (non-hydrogen) atoms. The molecule has 0 aliphatic heterocycles. The van der Waals surface area contributed by atoms with E-state index in [1.165, 1.54) is 49.4 Å². The first-order valence-electron chi connectivity index (χ1n) is 24.2. The summed E-state index contributed by atoms with van der Waals surface area (Å²) in [6, 6.07) is 80.8. The largest absolute Gasteiger partial charge is 0.454 e. The zero-order valence-corrected chi connectivity index (χ0v) is 39.1. The molecule has 13 aromatic rings. The lowest BCUT2D eigenvalue weighted by molar-refractivity contribution is 0.645. The molecule has 4 nitrogen and oxygen atoms in total. The van der Waals surface area contributed by atoms with Crippen LogP contribution in [0.25, 0.3) is 87.7 Å². The first-order chi connectivity index (χ1) is 34.4. The molecule has 0 N–H and O–H groups in total. The van der Waals surface area contributed by atoms with Gasteiger partial charge in [0.1, 0.15) is 11.2 Å². The number of nitrogens with zero attached hydrogens (tertiary/aromatic N) is 2. The van der Waals surface area contributed by atoms with Crippen molar-refractivity contribution in [1.29, 1.82) is 0 Å². The minimum Gasteiger partial charge on any atom is -0.454 e. The van der Waals surface area contributed by atoms with E-state index in [4.69, 9.17) is 8.83 Å². The van der Waals surface area contributed by atoms with E-state index in [2.05, 4.69) is 249 Å². The molecule has 1 aliphatic carbocycles. The molecule has 0 unspecified atom stereocenters. The lowest BCUT2D eigenvalue weighted by Gasteiger charge is -2.37. The predicted octanol–water partition coefficient (Wildman–Crippen LogP) is 19.0. The number of hydrogen-bond acceptors (Lipinski definition) is 4. The zero-order valence-electron chi connectivity index (χ0n) is 39.1. The molecule has 2 aromatic heterocycles. The number of furan rings is 2. The summed E-state index contributed by atoms with van der Waals surface area (Å²) in [5, 5.41) is 9.47. The molecule has 0 fully saturated rings. The van der Waals surface area contributed by atoms with Crippen LogP contribution in [-0.4, -0.2) is 0 Å². The number of anilines is 6. The molecule has 0 saturated heterocycles. The van der Waals surface area contributed by atoms with Crippen LogP contribution in [0.1, 0.15) is 30.5 Å². The average Bonchev–Trinajstić information content (AvgIpc) is 3.99. The number of para-hydroxylation sites is 6. The van der Waals surface area contributed by atoms with Crippen molar-refractivity contribution in [3.8, 4) is 22.3 Å². The van der Waals surface area contributed by atoms with Gasteiger partial charge in [0.25, 0.3) is 0 Å². The standard InChI is InChI=1S/C66H46N2O2/c1-41-47-37-35-45(67(43-21-9-5-10-22-43)58-32-17-29-51-49-25-13-14-34-60(49)69-64(51)58)39-55(47)50-27-16-31-56-62(50)61(41)54-38-36-46(40-57(54)66(56,2)3)68(44-23-11-6-12-24-44)59-33-18-30-53-52-28-15-26-48(63(52)70-65(53)59)42-19-7-4-8-20-42/h4-40H,1-3H3. The Morgan fingerprint density at radius 1 is 0.357 bits per heavy atom. The summed E-state index contributed by atoms with van der Waals surface area (Å²) >= 11 is 0. The van der Waals surface area contributed by atoms with E-state index >= 15 is 0 Å². The van der Waals surface area contributed by atoms with Crippen molar-refractivity contribution >= 4 is 99.5 Å². The van der Waals surface area contributed by atoms with E-state index in [0.717, 1.165) is 89.1 Å². The summed E-state index contributed by atoms with van der Waals surface area (Å²) in [6.45, 7) is 7.11. The van der Waals surface area contributed by atoms with Crippen molar-refractivity contribution in [1.82, 2.24) is 0 Å². The van der Waals surface area contributed by atoms with Gasteiger partial charge >= 0.3 is 0 Å². The lowest BCUT2D eigenvalue weighted by Crippen LogP contribution is -2.25. The van der Waals surface area contributed by atoms with Gasteiger partial charge in [0, 0.05) is 55.3 Å². The van der Waals surface area contributed by atoms with Crippen molar-refractivity contribution in [2.75, 3.05) is 9.80 Å². The van der Waals surface area contributed by atoms with Gasteiger partial charge in [-0.15, -0.1) is 0 Å². The first kappa shape index (κ1) is 40.2. The Kier molecular flexibility index (Phi) is 8.81. The van der Waals surface area contributed by atoms with Crippen LogP contribution in [0.4, 0.5) is 34.1 Å². The maximum absolute atomic E-state index is 7.04. The maximum Gasteiger partial charge on any atom is 0.159 e. The second-order valence-corrected chi connectivity index (χ2v) is 19.2. The zero-order chi connectivity index (χ0) is 46.7. The molecule has 0 bridgehead atoms. The Morgan fingerprint density at radius 3 is 1.61 bits per heavy atom. The fourth-order valence-corrected chi connectivity index (χ4v) is 11.7. The minimum atomic E-state index is -0.332. The van der Waals surface area contributed by atoms with Crippen molar-refractivity contribution in [2.24, 2.45) is 0 Å². The van der Waals surface area contributed by atoms with Crippen LogP contribution in [0.5, 0.6) is 0 Å². The topological polar surface area (TPSA) is 32.8 Å². The van der Waals surface area contributed by atoms with Gasteiger partial charge in [0.2, 0.25) is 0 Å². The summed E-state index contributed by atoms with van der Waals surface area (Å²) < 4.78 is 13.7. The molecule has 0 radical (unpaired) electrons. The van der Waals surface area contributed by atoms with Gasteiger partial charge in [-0.1, -0.05) is 172 Å². The molecular formula is C66H46N2O2. The summed E-state index contributed by atoms with van der Waals surface area (Å²) in [6.07, 6.45) is 0.